The first-order valence-corrected chi connectivity index (χ1v) is 9.16. The Morgan fingerprint density at radius 2 is 1.71 bits per heavy atom. The molecule has 0 spiro atoms. The van der Waals surface area contributed by atoms with Gasteiger partial charge in [-0.15, -0.1) is 5.10 Å². The van der Waals surface area contributed by atoms with E-state index in [0.717, 1.165) is 33.5 Å². The molecule has 0 fully saturated rings. The van der Waals surface area contributed by atoms with E-state index in [9.17, 15) is 4.39 Å². The monoisotopic (exact) mass is 391 g/mol. The predicted octanol–water partition coefficient (Wildman–Crippen LogP) is 5.14. The number of halogens is 2. The van der Waals surface area contributed by atoms with Crippen LogP contribution < -0.4 is 0 Å². The lowest BCUT2D eigenvalue weighted by Crippen LogP contribution is -1.99. The van der Waals surface area contributed by atoms with E-state index in [1.807, 2.05) is 42.7 Å². The zero-order chi connectivity index (χ0) is 19.4. The predicted molar refractivity (Wildman–Crippen MR) is 107 cm³/mol. The van der Waals surface area contributed by atoms with E-state index in [0.29, 0.717) is 16.5 Å². The fraction of sp³-hybridized carbons (Fsp3) is 0.0952. The van der Waals surface area contributed by atoms with Crippen molar-refractivity contribution < 1.29 is 4.39 Å². The quantitative estimate of drug-likeness (QED) is 0.418. The van der Waals surface area contributed by atoms with Gasteiger partial charge in [-0.25, -0.2) is 18.9 Å². The Morgan fingerprint density at radius 3 is 2.46 bits per heavy atom. The Balaban J connectivity index is 1.80. The Kier molecular flexibility index (Phi) is 3.70. The lowest BCUT2D eigenvalue weighted by molar-refractivity contribution is 0.628. The summed E-state index contributed by atoms with van der Waals surface area (Å²) in [6.45, 7) is 4.08. The van der Waals surface area contributed by atoms with Crippen molar-refractivity contribution >= 4 is 28.3 Å². The zero-order valence-electron chi connectivity index (χ0n) is 15.2. The minimum Gasteiger partial charge on any atom is -0.297 e. The van der Waals surface area contributed by atoms with E-state index < -0.39 is 0 Å². The van der Waals surface area contributed by atoms with Crippen molar-refractivity contribution in [1.29, 1.82) is 0 Å². The van der Waals surface area contributed by atoms with Crippen LogP contribution in [0.1, 0.15) is 11.3 Å². The first kappa shape index (κ1) is 16.9. The highest BCUT2D eigenvalue weighted by atomic mass is 35.5. The van der Waals surface area contributed by atoms with Gasteiger partial charge < -0.3 is 0 Å². The van der Waals surface area contributed by atoms with Crippen LogP contribution in [0.2, 0.25) is 5.02 Å². The molecule has 138 valence electrons. The van der Waals surface area contributed by atoms with Crippen molar-refractivity contribution in [3.05, 3.63) is 77.0 Å². The first-order valence-electron chi connectivity index (χ1n) is 8.78. The summed E-state index contributed by atoms with van der Waals surface area (Å²) in [6.07, 6.45) is 1.64. The summed E-state index contributed by atoms with van der Waals surface area (Å²) in [5.41, 5.74) is 5.19. The number of hydrogen-bond donors (Lipinski definition) is 0. The molecule has 0 radical (unpaired) electrons. The average Bonchev–Trinajstić information content (AvgIpc) is 3.23. The van der Waals surface area contributed by atoms with Crippen molar-refractivity contribution in [2.45, 2.75) is 13.8 Å². The third kappa shape index (κ3) is 2.42. The SMILES string of the molecule is Cc1c(C)n(-c2ccccc2Cl)c2ncn3nc(-c4ccc(F)cc4)nc3c12. The molecule has 0 amide bonds. The molecular formula is C21H15ClFN5. The third-order valence-corrected chi connectivity index (χ3v) is 5.35. The van der Waals surface area contributed by atoms with Gasteiger partial charge in [0.15, 0.2) is 17.1 Å². The summed E-state index contributed by atoms with van der Waals surface area (Å²) in [5.74, 6) is 0.233. The number of hydrogen-bond acceptors (Lipinski definition) is 3. The van der Waals surface area contributed by atoms with Crippen molar-refractivity contribution in [2.75, 3.05) is 0 Å². The highest BCUT2D eigenvalue weighted by Gasteiger charge is 2.20. The van der Waals surface area contributed by atoms with Gasteiger partial charge in [-0.2, -0.15) is 0 Å². The van der Waals surface area contributed by atoms with Crippen LogP contribution in [0.25, 0.3) is 33.8 Å². The van der Waals surface area contributed by atoms with Crippen LogP contribution in [-0.4, -0.2) is 24.1 Å². The van der Waals surface area contributed by atoms with Gasteiger partial charge in [-0.05, 0) is 55.8 Å². The van der Waals surface area contributed by atoms with Crippen molar-refractivity contribution in [1.82, 2.24) is 24.1 Å². The van der Waals surface area contributed by atoms with E-state index in [2.05, 4.69) is 10.1 Å². The van der Waals surface area contributed by atoms with Gasteiger partial charge in [0.25, 0.3) is 0 Å². The Labute approximate surface area is 165 Å². The fourth-order valence-electron chi connectivity index (χ4n) is 3.51. The lowest BCUT2D eigenvalue weighted by Gasteiger charge is -2.09. The van der Waals surface area contributed by atoms with E-state index >= 15 is 0 Å². The van der Waals surface area contributed by atoms with Crippen LogP contribution in [-0.2, 0) is 0 Å². The summed E-state index contributed by atoms with van der Waals surface area (Å²) >= 11 is 6.44. The molecule has 5 rings (SSSR count). The molecule has 7 heteroatoms. The molecule has 0 N–H and O–H groups in total. The highest BCUT2D eigenvalue weighted by molar-refractivity contribution is 6.32. The number of rotatable bonds is 2. The van der Waals surface area contributed by atoms with Crippen LogP contribution in [0.5, 0.6) is 0 Å². The van der Waals surface area contributed by atoms with Gasteiger partial charge in [0, 0.05) is 11.3 Å². The number of aryl methyl sites for hydroxylation is 1. The van der Waals surface area contributed by atoms with Crippen LogP contribution in [0.3, 0.4) is 0 Å². The molecule has 0 saturated heterocycles. The number of para-hydroxylation sites is 1. The molecule has 5 aromatic rings. The van der Waals surface area contributed by atoms with Crippen molar-refractivity contribution in [2.24, 2.45) is 0 Å². The van der Waals surface area contributed by atoms with E-state index in [1.165, 1.54) is 12.1 Å². The molecule has 2 aromatic carbocycles. The van der Waals surface area contributed by atoms with Gasteiger partial charge in [-0.1, -0.05) is 23.7 Å². The number of benzene rings is 2. The summed E-state index contributed by atoms with van der Waals surface area (Å²) in [4.78, 5) is 9.35. The number of fused-ring (bicyclic) bond motifs is 3. The fourth-order valence-corrected chi connectivity index (χ4v) is 3.73. The smallest absolute Gasteiger partial charge is 0.182 e. The van der Waals surface area contributed by atoms with Gasteiger partial charge in [0.2, 0.25) is 0 Å². The Bertz CT molecular complexity index is 1350. The molecule has 3 aromatic heterocycles. The van der Waals surface area contributed by atoms with E-state index in [1.54, 1.807) is 23.0 Å². The van der Waals surface area contributed by atoms with E-state index in [-0.39, 0.29) is 5.82 Å². The molecule has 28 heavy (non-hydrogen) atoms. The summed E-state index contributed by atoms with van der Waals surface area (Å²) in [7, 11) is 0. The van der Waals surface area contributed by atoms with Crippen molar-refractivity contribution in [3.8, 4) is 17.1 Å². The van der Waals surface area contributed by atoms with Crippen LogP contribution >= 0.6 is 11.6 Å². The Hall–Kier alpha value is -3.25. The minimum absolute atomic E-state index is 0.292. The molecule has 0 aliphatic rings. The molecule has 0 atom stereocenters. The van der Waals surface area contributed by atoms with Gasteiger partial charge in [-0.3, -0.25) is 4.57 Å². The van der Waals surface area contributed by atoms with Gasteiger partial charge in [0.05, 0.1) is 16.1 Å². The normalized spacial score (nSPS) is 11.6. The molecule has 5 nitrogen and oxygen atoms in total. The highest BCUT2D eigenvalue weighted by Crippen LogP contribution is 2.32. The lowest BCUT2D eigenvalue weighted by atomic mass is 10.2. The van der Waals surface area contributed by atoms with Crippen LogP contribution in [0.4, 0.5) is 4.39 Å². The molecule has 3 heterocycles. The summed E-state index contributed by atoms with van der Waals surface area (Å²) in [5, 5.41) is 6.09. The average molecular weight is 392 g/mol. The van der Waals surface area contributed by atoms with Crippen molar-refractivity contribution in [3.63, 3.8) is 0 Å². The Morgan fingerprint density at radius 1 is 0.964 bits per heavy atom. The summed E-state index contributed by atoms with van der Waals surface area (Å²) < 4.78 is 16.9. The zero-order valence-corrected chi connectivity index (χ0v) is 15.9. The summed E-state index contributed by atoms with van der Waals surface area (Å²) in [6, 6.07) is 13.8. The maximum absolute atomic E-state index is 13.2. The molecule has 0 aliphatic carbocycles. The van der Waals surface area contributed by atoms with E-state index in [4.69, 9.17) is 16.6 Å². The maximum atomic E-state index is 13.2. The molecule has 0 bridgehead atoms. The number of nitrogens with zero attached hydrogens (tertiary/aromatic N) is 5. The molecule has 0 saturated carbocycles. The van der Waals surface area contributed by atoms with Crippen LogP contribution in [0.15, 0.2) is 54.9 Å². The van der Waals surface area contributed by atoms with Gasteiger partial charge in [0.1, 0.15) is 12.1 Å². The standard InChI is InChI=1S/C21H15ClFN5/c1-12-13(2)28(17-6-4-3-5-16(17)22)20-18(12)21-25-19(26-27(21)11-24-20)14-7-9-15(23)10-8-14/h3-11H,1-2H3. The third-order valence-electron chi connectivity index (χ3n) is 5.03. The second-order valence-electron chi connectivity index (χ2n) is 6.65. The molecular weight excluding hydrogens is 377 g/mol. The molecule has 0 aliphatic heterocycles. The minimum atomic E-state index is -0.292. The largest absolute Gasteiger partial charge is 0.297 e. The number of aromatic nitrogens is 5. The first-order chi connectivity index (χ1) is 13.5. The second kappa shape index (κ2) is 6.14. The topological polar surface area (TPSA) is 48.0 Å². The maximum Gasteiger partial charge on any atom is 0.182 e. The van der Waals surface area contributed by atoms with Crippen LogP contribution in [0, 0.1) is 19.7 Å². The molecule has 0 unspecified atom stereocenters. The second-order valence-corrected chi connectivity index (χ2v) is 7.06. The van der Waals surface area contributed by atoms with Gasteiger partial charge >= 0.3 is 0 Å².